The number of benzene rings is 2. The number of hydrogen-bond donors (Lipinski definition) is 1. The molecule has 2 aromatic carbocycles. The van der Waals surface area contributed by atoms with E-state index in [2.05, 4.69) is 5.32 Å². The van der Waals surface area contributed by atoms with Crippen molar-refractivity contribution in [3.05, 3.63) is 63.1 Å². The lowest BCUT2D eigenvalue weighted by atomic mass is 10.1. The van der Waals surface area contributed by atoms with Crippen molar-refractivity contribution < 1.29 is 14.3 Å². The molecule has 168 valence electrons. The highest BCUT2D eigenvalue weighted by atomic mass is 35.5. The zero-order valence-corrected chi connectivity index (χ0v) is 19.9. The minimum absolute atomic E-state index is 0.0982. The quantitative estimate of drug-likeness (QED) is 0.412. The van der Waals surface area contributed by atoms with Gasteiger partial charge in [0.2, 0.25) is 5.91 Å². The average molecular weight is 486 g/mol. The van der Waals surface area contributed by atoms with Crippen LogP contribution in [0.4, 0.5) is 0 Å². The number of rotatable bonds is 11. The minimum atomic E-state index is -0.675. The number of carbonyl (C=O) groups excluding carboxylic acids is 2. The molecule has 8 heteroatoms. The third-order valence-electron chi connectivity index (χ3n) is 4.78. The summed E-state index contributed by atoms with van der Waals surface area (Å²) >= 11 is 18.6. The van der Waals surface area contributed by atoms with Gasteiger partial charge in [-0.05, 0) is 49.2 Å². The molecule has 0 saturated heterocycles. The lowest BCUT2D eigenvalue weighted by Gasteiger charge is -2.31. The van der Waals surface area contributed by atoms with Crippen molar-refractivity contribution in [2.75, 3.05) is 13.2 Å². The molecule has 0 heterocycles. The number of nitrogens with one attached hydrogen (secondary N) is 1. The maximum atomic E-state index is 13.2. The first kappa shape index (κ1) is 25.3. The van der Waals surface area contributed by atoms with Crippen molar-refractivity contribution in [3.8, 4) is 5.75 Å². The summed E-state index contributed by atoms with van der Waals surface area (Å²) < 4.78 is 5.63. The van der Waals surface area contributed by atoms with E-state index in [1.165, 1.54) is 4.90 Å². The van der Waals surface area contributed by atoms with Gasteiger partial charge in [0.05, 0.1) is 0 Å². The fourth-order valence-corrected chi connectivity index (χ4v) is 3.68. The van der Waals surface area contributed by atoms with Crippen LogP contribution in [0.25, 0.3) is 0 Å². The van der Waals surface area contributed by atoms with Crippen molar-refractivity contribution in [3.63, 3.8) is 0 Å². The Bertz CT molecular complexity index is 855. The molecule has 5 nitrogen and oxygen atoms in total. The lowest BCUT2D eigenvalue weighted by Crippen LogP contribution is -2.50. The predicted octanol–water partition coefficient (Wildman–Crippen LogP) is 5.75. The van der Waals surface area contributed by atoms with Crippen LogP contribution in [0, 0.1) is 0 Å². The normalized spacial score (nSPS) is 11.6. The third-order valence-corrected chi connectivity index (χ3v) is 5.74. The van der Waals surface area contributed by atoms with Crippen LogP contribution in [0.3, 0.4) is 0 Å². The number of unbranched alkanes of at least 4 members (excludes halogenated alkanes) is 1. The van der Waals surface area contributed by atoms with Crippen LogP contribution in [-0.2, 0) is 16.1 Å². The molecular weight excluding hydrogens is 459 g/mol. The molecule has 1 N–H and O–H groups in total. The topological polar surface area (TPSA) is 58.6 Å². The van der Waals surface area contributed by atoms with E-state index in [-0.39, 0.29) is 25.0 Å². The lowest BCUT2D eigenvalue weighted by molar-refractivity contribution is -0.143. The summed E-state index contributed by atoms with van der Waals surface area (Å²) in [6.07, 6.45) is 2.27. The number of nitrogens with zero attached hydrogens (tertiary/aromatic N) is 1. The fraction of sp³-hybridized carbons (Fsp3) is 0.391. The largest absolute Gasteiger partial charge is 0.484 e. The molecule has 0 fully saturated rings. The molecule has 2 amide bonds. The zero-order valence-electron chi connectivity index (χ0n) is 17.7. The molecule has 2 rings (SSSR count). The Morgan fingerprint density at radius 2 is 1.68 bits per heavy atom. The van der Waals surface area contributed by atoms with Gasteiger partial charge in [0.25, 0.3) is 5.91 Å². The highest BCUT2D eigenvalue weighted by Crippen LogP contribution is 2.27. The van der Waals surface area contributed by atoms with Gasteiger partial charge in [0.1, 0.15) is 11.8 Å². The Labute approximate surface area is 198 Å². The van der Waals surface area contributed by atoms with Crippen molar-refractivity contribution in [2.24, 2.45) is 0 Å². The molecule has 0 spiro atoms. The number of carbonyl (C=O) groups is 2. The summed E-state index contributed by atoms with van der Waals surface area (Å²) in [6.45, 7) is 4.33. The van der Waals surface area contributed by atoms with Gasteiger partial charge in [-0.15, -0.1) is 0 Å². The van der Waals surface area contributed by atoms with Crippen molar-refractivity contribution in [1.29, 1.82) is 0 Å². The summed E-state index contributed by atoms with van der Waals surface area (Å²) in [7, 11) is 0. The van der Waals surface area contributed by atoms with Gasteiger partial charge in [-0.2, -0.15) is 0 Å². The minimum Gasteiger partial charge on any atom is -0.484 e. The molecular formula is C23H27Cl3N2O3. The second-order valence-corrected chi connectivity index (χ2v) is 8.28. The van der Waals surface area contributed by atoms with Crippen LogP contribution < -0.4 is 10.1 Å². The van der Waals surface area contributed by atoms with Gasteiger partial charge < -0.3 is 15.0 Å². The maximum absolute atomic E-state index is 13.2. The summed E-state index contributed by atoms with van der Waals surface area (Å²) in [5, 5.41) is 4.35. The monoisotopic (exact) mass is 484 g/mol. The Hall–Kier alpha value is -1.95. The van der Waals surface area contributed by atoms with E-state index in [0.717, 1.165) is 12.8 Å². The number of hydrogen-bond acceptors (Lipinski definition) is 3. The smallest absolute Gasteiger partial charge is 0.261 e. The Kier molecular flexibility index (Phi) is 10.4. The second-order valence-electron chi connectivity index (χ2n) is 7.03. The SMILES string of the molecule is CCCCNC(=O)C(CC)N(Cc1c(Cl)cccc1Cl)C(=O)COc1ccc(Cl)cc1. The Morgan fingerprint density at radius 3 is 2.26 bits per heavy atom. The first-order chi connectivity index (χ1) is 14.9. The van der Waals surface area contributed by atoms with E-state index < -0.39 is 6.04 Å². The van der Waals surface area contributed by atoms with Crippen LogP contribution in [0.5, 0.6) is 5.75 Å². The fourth-order valence-electron chi connectivity index (χ4n) is 3.04. The molecule has 1 unspecified atom stereocenters. The Balaban J connectivity index is 2.23. The summed E-state index contributed by atoms with van der Waals surface area (Å²) in [5.74, 6) is -0.0451. The van der Waals surface area contributed by atoms with E-state index in [1.807, 2.05) is 13.8 Å². The van der Waals surface area contributed by atoms with E-state index >= 15 is 0 Å². The Morgan fingerprint density at radius 1 is 1.03 bits per heavy atom. The molecule has 0 aliphatic carbocycles. The molecule has 0 aliphatic rings. The molecule has 0 saturated carbocycles. The highest BCUT2D eigenvalue weighted by molar-refractivity contribution is 6.36. The molecule has 0 radical (unpaired) electrons. The van der Waals surface area contributed by atoms with E-state index in [0.29, 0.717) is 39.3 Å². The van der Waals surface area contributed by atoms with E-state index in [4.69, 9.17) is 39.5 Å². The van der Waals surface area contributed by atoms with Gasteiger partial charge >= 0.3 is 0 Å². The molecule has 0 aliphatic heterocycles. The highest BCUT2D eigenvalue weighted by Gasteiger charge is 2.29. The van der Waals surface area contributed by atoms with Crippen LogP contribution in [0.1, 0.15) is 38.7 Å². The van der Waals surface area contributed by atoms with Crippen LogP contribution in [0.2, 0.25) is 15.1 Å². The summed E-state index contributed by atoms with van der Waals surface area (Å²) in [4.78, 5) is 27.5. The molecule has 31 heavy (non-hydrogen) atoms. The number of halogens is 3. The van der Waals surface area contributed by atoms with Crippen molar-refractivity contribution in [2.45, 2.75) is 45.7 Å². The molecule has 2 aromatic rings. The van der Waals surface area contributed by atoms with Crippen LogP contribution in [-0.4, -0.2) is 35.9 Å². The first-order valence-corrected chi connectivity index (χ1v) is 11.4. The van der Waals surface area contributed by atoms with Crippen molar-refractivity contribution >= 4 is 46.6 Å². The molecule has 1 atom stereocenters. The predicted molar refractivity (Wildman–Crippen MR) is 126 cm³/mol. The number of amides is 2. The maximum Gasteiger partial charge on any atom is 0.261 e. The van der Waals surface area contributed by atoms with Crippen molar-refractivity contribution in [1.82, 2.24) is 10.2 Å². The summed E-state index contributed by atoms with van der Waals surface area (Å²) in [6, 6.07) is 11.2. The van der Waals surface area contributed by atoms with Gasteiger partial charge in [-0.25, -0.2) is 0 Å². The summed E-state index contributed by atoms with van der Waals surface area (Å²) in [5.41, 5.74) is 0.588. The van der Waals surface area contributed by atoms with Gasteiger partial charge in [-0.1, -0.05) is 61.1 Å². The van der Waals surface area contributed by atoms with Crippen LogP contribution in [0.15, 0.2) is 42.5 Å². The molecule has 0 bridgehead atoms. The zero-order chi connectivity index (χ0) is 22.8. The van der Waals surface area contributed by atoms with Gasteiger partial charge in [0, 0.05) is 33.7 Å². The van der Waals surface area contributed by atoms with Gasteiger partial charge in [0.15, 0.2) is 6.61 Å². The van der Waals surface area contributed by atoms with E-state index in [9.17, 15) is 9.59 Å². The first-order valence-electron chi connectivity index (χ1n) is 10.3. The van der Waals surface area contributed by atoms with Gasteiger partial charge in [-0.3, -0.25) is 9.59 Å². The number of ether oxygens (including phenoxy) is 1. The van der Waals surface area contributed by atoms with Crippen LogP contribution >= 0.6 is 34.8 Å². The van der Waals surface area contributed by atoms with E-state index in [1.54, 1.807) is 42.5 Å². The second kappa shape index (κ2) is 12.8. The molecule has 0 aromatic heterocycles. The standard InChI is InChI=1S/C23H27Cl3N2O3/c1-3-5-13-27-23(30)21(4-2)28(14-18-19(25)7-6-8-20(18)26)22(29)15-31-17-11-9-16(24)10-12-17/h6-12,21H,3-5,13-15H2,1-2H3,(H,27,30). The third kappa shape index (κ3) is 7.60. The average Bonchev–Trinajstić information content (AvgIpc) is 2.75.